The normalized spacial score (nSPS) is 25.9. The fourth-order valence-corrected chi connectivity index (χ4v) is 3.01. The lowest BCUT2D eigenvalue weighted by Crippen LogP contribution is -2.25. The Morgan fingerprint density at radius 3 is 2.65 bits per heavy atom. The topological polar surface area (TPSA) is 107 Å². The van der Waals surface area contributed by atoms with E-state index < -0.39 is 30.4 Å². The van der Waals surface area contributed by atoms with E-state index in [1.54, 1.807) is 0 Å². The molecule has 0 aromatic carbocycles. The van der Waals surface area contributed by atoms with Gasteiger partial charge in [0.25, 0.3) is 0 Å². The van der Waals surface area contributed by atoms with E-state index in [-0.39, 0.29) is 12.5 Å². The zero-order valence-electron chi connectivity index (χ0n) is 15.7. The smallest absolute Gasteiger partial charge is 0.303 e. The van der Waals surface area contributed by atoms with Crippen LogP contribution in [-0.2, 0) is 9.53 Å². The first-order valence-corrected chi connectivity index (χ1v) is 9.68. The van der Waals surface area contributed by atoms with E-state index in [9.17, 15) is 20.1 Å². The van der Waals surface area contributed by atoms with E-state index in [1.807, 2.05) is 12.2 Å². The molecule has 0 bridgehead atoms. The molecule has 1 fully saturated rings. The third-order valence-electron chi connectivity index (χ3n) is 4.56. The number of carboxylic acids is 1. The third kappa shape index (κ3) is 9.48. The molecule has 1 aliphatic heterocycles. The van der Waals surface area contributed by atoms with Gasteiger partial charge < -0.3 is 25.2 Å². The molecule has 0 aromatic heterocycles. The van der Waals surface area contributed by atoms with Crippen LogP contribution in [0.3, 0.4) is 0 Å². The van der Waals surface area contributed by atoms with E-state index in [2.05, 4.69) is 6.92 Å². The van der Waals surface area contributed by atoms with Crippen LogP contribution in [0.15, 0.2) is 24.3 Å². The Hall–Kier alpha value is -1.21. The Kier molecular flexibility index (Phi) is 11.4. The first-order valence-electron chi connectivity index (χ1n) is 9.68. The van der Waals surface area contributed by atoms with Crippen molar-refractivity contribution in [3.63, 3.8) is 0 Å². The highest BCUT2D eigenvalue weighted by atomic mass is 16.5. The van der Waals surface area contributed by atoms with Gasteiger partial charge in [-0.2, -0.15) is 0 Å². The number of aliphatic hydroxyl groups excluding tert-OH is 3. The quantitative estimate of drug-likeness (QED) is 0.293. The second-order valence-corrected chi connectivity index (χ2v) is 6.95. The summed E-state index contributed by atoms with van der Waals surface area (Å²) in [6, 6.07) is 0. The maximum atomic E-state index is 10.4. The van der Waals surface area contributed by atoms with Gasteiger partial charge >= 0.3 is 5.97 Å². The van der Waals surface area contributed by atoms with E-state index >= 15 is 0 Å². The number of hydrogen-bond acceptors (Lipinski definition) is 5. The van der Waals surface area contributed by atoms with Gasteiger partial charge in [0.2, 0.25) is 0 Å². The number of carboxylic acid groups (broad SMARTS) is 1. The molecule has 1 saturated heterocycles. The number of carbonyl (C=O) groups is 1. The summed E-state index contributed by atoms with van der Waals surface area (Å²) in [6.07, 6.45) is 10.2. The number of aliphatic hydroxyl groups is 3. The SMILES string of the molecule is CCCCC[C@@H]1O[C@@H]([C@@H](O)/C=C\[C@H](O)C/C=C\CCCC(=O)O)C[C@H]1O. The zero-order valence-corrected chi connectivity index (χ0v) is 15.7. The van der Waals surface area contributed by atoms with Gasteiger partial charge in [-0.05, 0) is 25.7 Å². The van der Waals surface area contributed by atoms with Crippen molar-refractivity contribution in [1.29, 1.82) is 0 Å². The van der Waals surface area contributed by atoms with Crippen molar-refractivity contribution in [2.45, 2.75) is 95.2 Å². The Balaban J connectivity index is 2.27. The van der Waals surface area contributed by atoms with Gasteiger partial charge in [-0.3, -0.25) is 4.79 Å². The van der Waals surface area contributed by atoms with Crippen LogP contribution in [-0.4, -0.2) is 56.9 Å². The molecule has 6 heteroatoms. The van der Waals surface area contributed by atoms with E-state index in [0.717, 1.165) is 25.7 Å². The van der Waals surface area contributed by atoms with Gasteiger partial charge in [0.15, 0.2) is 0 Å². The molecule has 150 valence electrons. The molecule has 26 heavy (non-hydrogen) atoms. The molecule has 6 nitrogen and oxygen atoms in total. The van der Waals surface area contributed by atoms with Gasteiger partial charge in [-0.25, -0.2) is 0 Å². The summed E-state index contributed by atoms with van der Waals surface area (Å²) >= 11 is 0. The summed E-state index contributed by atoms with van der Waals surface area (Å²) in [5.74, 6) is -0.804. The monoisotopic (exact) mass is 370 g/mol. The van der Waals surface area contributed by atoms with Crippen molar-refractivity contribution in [1.82, 2.24) is 0 Å². The second-order valence-electron chi connectivity index (χ2n) is 6.95. The summed E-state index contributed by atoms with van der Waals surface area (Å²) in [6.45, 7) is 2.12. The number of aliphatic carboxylic acids is 1. The Bertz CT molecular complexity index is 448. The molecule has 1 rings (SSSR count). The highest BCUT2D eigenvalue weighted by molar-refractivity contribution is 5.66. The molecule has 4 N–H and O–H groups in total. The lowest BCUT2D eigenvalue weighted by atomic mass is 10.0. The van der Waals surface area contributed by atoms with Gasteiger partial charge in [0.05, 0.1) is 30.5 Å². The number of ether oxygens (including phenoxy) is 1. The van der Waals surface area contributed by atoms with Gasteiger partial charge in [0.1, 0.15) is 0 Å². The van der Waals surface area contributed by atoms with Crippen molar-refractivity contribution in [2.24, 2.45) is 0 Å². The van der Waals surface area contributed by atoms with Crippen molar-refractivity contribution in [3.8, 4) is 0 Å². The molecular formula is C20H34O6. The van der Waals surface area contributed by atoms with Crippen molar-refractivity contribution in [2.75, 3.05) is 0 Å². The third-order valence-corrected chi connectivity index (χ3v) is 4.56. The highest BCUT2D eigenvalue weighted by Gasteiger charge is 2.36. The van der Waals surface area contributed by atoms with Crippen molar-refractivity contribution < 1.29 is 30.0 Å². The minimum atomic E-state index is -0.852. The fraction of sp³-hybridized carbons (Fsp3) is 0.750. The highest BCUT2D eigenvalue weighted by Crippen LogP contribution is 2.27. The summed E-state index contributed by atoms with van der Waals surface area (Å²) in [5, 5.41) is 38.7. The molecule has 0 aliphatic carbocycles. The molecule has 0 spiro atoms. The Morgan fingerprint density at radius 1 is 1.19 bits per heavy atom. The number of rotatable bonds is 13. The number of hydrogen-bond donors (Lipinski definition) is 4. The predicted molar refractivity (Wildman–Crippen MR) is 99.8 cm³/mol. The molecule has 0 aromatic rings. The minimum Gasteiger partial charge on any atom is -0.481 e. The Labute approximate surface area is 156 Å². The van der Waals surface area contributed by atoms with Crippen LogP contribution in [0.25, 0.3) is 0 Å². The van der Waals surface area contributed by atoms with E-state index in [4.69, 9.17) is 9.84 Å². The van der Waals surface area contributed by atoms with Crippen LogP contribution in [0.5, 0.6) is 0 Å². The molecule has 1 aliphatic rings. The summed E-state index contributed by atoms with van der Waals surface area (Å²) < 4.78 is 5.76. The predicted octanol–water partition coefficient (Wildman–Crippen LogP) is 2.56. The second kappa shape index (κ2) is 13.0. The largest absolute Gasteiger partial charge is 0.481 e. The standard InChI is InChI=1S/C20H34O6/c1-2-3-6-10-18-17(23)14-19(26-18)16(22)13-12-15(21)9-7-4-5-8-11-20(24)25/h4,7,12-13,15-19,21-23H,2-3,5-6,8-11,14H2,1H3,(H,24,25)/b7-4-,13-12-/t15-,16+,17-,18+,19-/m1/s1. The average Bonchev–Trinajstić information content (AvgIpc) is 2.97. The summed E-state index contributed by atoms with van der Waals surface area (Å²) in [7, 11) is 0. The van der Waals surface area contributed by atoms with Crippen molar-refractivity contribution in [3.05, 3.63) is 24.3 Å². The maximum absolute atomic E-state index is 10.4. The lowest BCUT2D eigenvalue weighted by molar-refractivity contribution is -0.137. The van der Waals surface area contributed by atoms with Crippen LogP contribution in [0.1, 0.15) is 64.7 Å². The molecule has 5 atom stereocenters. The fourth-order valence-electron chi connectivity index (χ4n) is 3.01. The molecule has 1 heterocycles. The van der Waals surface area contributed by atoms with E-state index in [0.29, 0.717) is 25.7 Å². The van der Waals surface area contributed by atoms with Gasteiger partial charge in [0, 0.05) is 12.8 Å². The maximum Gasteiger partial charge on any atom is 0.303 e. The van der Waals surface area contributed by atoms with Crippen LogP contribution in [0, 0.1) is 0 Å². The summed E-state index contributed by atoms with van der Waals surface area (Å²) in [5.41, 5.74) is 0. The van der Waals surface area contributed by atoms with Crippen LogP contribution in [0.2, 0.25) is 0 Å². The molecular weight excluding hydrogens is 336 g/mol. The van der Waals surface area contributed by atoms with Crippen LogP contribution in [0.4, 0.5) is 0 Å². The number of unbranched alkanes of at least 4 members (excludes halogenated alkanes) is 3. The van der Waals surface area contributed by atoms with Crippen molar-refractivity contribution >= 4 is 5.97 Å². The lowest BCUT2D eigenvalue weighted by Gasteiger charge is -2.17. The van der Waals surface area contributed by atoms with Crippen LogP contribution >= 0.6 is 0 Å². The minimum absolute atomic E-state index is 0.145. The van der Waals surface area contributed by atoms with Gasteiger partial charge in [-0.15, -0.1) is 0 Å². The summed E-state index contributed by atoms with van der Waals surface area (Å²) in [4.78, 5) is 10.4. The molecule has 0 saturated carbocycles. The first kappa shape index (κ1) is 22.8. The van der Waals surface area contributed by atoms with Gasteiger partial charge in [-0.1, -0.05) is 50.5 Å². The van der Waals surface area contributed by atoms with E-state index in [1.165, 1.54) is 12.2 Å². The molecule has 0 amide bonds. The van der Waals surface area contributed by atoms with Crippen LogP contribution < -0.4 is 0 Å². The Morgan fingerprint density at radius 2 is 1.96 bits per heavy atom. The molecule has 0 radical (unpaired) electrons. The molecule has 0 unspecified atom stereocenters. The first-order chi connectivity index (χ1) is 12.4. The number of allylic oxidation sites excluding steroid dienone is 1. The average molecular weight is 370 g/mol. The zero-order chi connectivity index (χ0) is 19.4.